The highest BCUT2D eigenvalue weighted by Gasteiger charge is 2.28. The van der Waals surface area contributed by atoms with E-state index < -0.39 is 0 Å². The molecule has 0 unspecified atom stereocenters. The fourth-order valence-electron chi connectivity index (χ4n) is 8.58. The smallest absolute Gasteiger partial charge is 0.115 e. The Balaban J connectivity index is 1.18. The molecule has 0 bridgehead atoms. The van der Waals surface area contributed by atoms with Gasteiger partial charge >= 0.3 is 0 Å². The van der Waals surface area contributed by atoms with Gasteiger partial charge in [-0.3, -0.25) is 9.98 Å². The topological polar surface area (TPSA) is 34.1 Å². The molecule has 5 heteroatoms. The van der Waals surface area contributed by atoms with E-state index in [4.69, 9.17) is 4.99 Å². The number of thioether (sulfide) groups is 1. The first-order valence-corrected chi connectivity index (χ1v) is 18.0. The normalized spacial score (nSPS) is 16.1. The zero-order valence-electron chi connectivity index (χ0n) is 27.2. The summed E-state index contributed by atoms with van der Waals surface area (Å²) in [5.74, 6) is 0. The van der Waals surface area contributed by atoms with Crippen LogP contribution in [0, 0.1) is 0 Å². The second kappa shape index (κ2) is 10.5. The molecule has 2 aliphatic rings. The van der Waals surface area contributed by atoms with E-state index in [1.807, 2.05) is 6.07 Å². The van der Waals surface area contributed by atoms with E-state index in [1.165, 1.54) is 75.9 Å². The van der Waals surface area contributed by atoms with Crippen molar-refractivity contribution in [2.24, 2.45) is 9.98 Å². The van der Waals surface area contributed by atoms with Gasteiger partial charge in [-0.25, -0.2) is 0 Å². The number of benzene rings is 6. The Hall–Kier alpha value is -5.91. The number of nitrogens with zero attached hydrogens (tertiary/aromatic N) is 4. The van der Waals surface area contributed by atoms with E-state index in [0.29, 0.717) is 6.67 Å². The Morgan fingerprint density at radius 1 is 0.700 bits per heavy atom. The highest BCUT2D eigenvalue weighted by Crippen LogP contribution is 2.46. The van der Waals surface area contributed by atoms with Gasteiger partial charge in [-0.05, 0) is 49.2 Å². The van der Waals surface area contributed by atoms with Crippen molar-refractivity contribution in [1.29, 1.82) is 0 Å². The van der Waals surface area contributed by atoms with Crippen molar-refractivity contribution in [3.63, 3.8) is 0 Å². The van der Waals surface area contributed by atoms with E-state index in [0.717, 1.165) is 40.3 Å². The number of fused-ring (bicyclic) bond motifs is 12. The van der Waals surface area contributed by atoms with E-state index in [2.05, 4.69) is 148 Å². The lowest BCUT2D eigenvalue weighted by atomic mass is 9.99. The maximum Gasteiger partial charge on any atom is 0.115 e. The van der Waals surface area contributed by atoms with Gasteiger partial charge in [0.15, 0.2) is 0 Å². The summed E-state index contributed by atoms with van der Waals surface area (Å²) in [6.07, 6.45) is 6.66. The summed E-state index contributed by atoms with van der Waals surface area (Å²) < 4.78 is 4.98. The predicted molar refractivity (Wildman–Crippen MR) is 213 cm³/mol. The lowest BCUT2D eigenvalue weighted by molar-refractivity contribution is 0.708. The highest BCUT2D eigenvalue weighted by atomic mass is 32.2. The lowest BCUT2D eigenvalue weighted by Crippen LogP contribution is -2.07. The maximum absolute atomic E-state index is 5.47. The fraction of sp³-hybridized carbons (Fsp3) is 0.0667. The number of hydrogen-bond donors (Lipinski definition) is 0. The standard InChI is InChI=1S/C45H30N4S/c1-46-41(27-12-3-2-4-13-27)45-42(34-16-7-10-21-40(34)50-45)47-26-48-37-19-8-5-15-30(37)36-24-28-22-23-33-32-18-11-17-31-29-14-6-9-20-38(29)49(43(31)32)44(33)35(28)25-39(36)48/h2-7,9-18,20-25H,1,8,19,26H2/b45-41+,47-42-. The molecule has 0 N–H and O–H groups in total. The van der Waals surface area contributed by atoms with Crippen LogP contribution >= 0.6 is 11.8 Å². The van der Waals surface area contributed by atoms with Crippen LogP contribution in [-0.2, 0) is 13.1 Å². The first kappa shape index (κ1) is 28.0. The summed E-state index contributed by atoms with van der Waals surface area (Å²) in [6, 6.07) is 44.0. The molecule has 11 rings (SSSR count). The molecule has 1 aliphatic heterocycles. The minimum atomic E-state index is 0.518. The minimum Gasteiger partial charge on any atom is -0.324 e. The minimum absolute atomic E-state index is 0.518. The number of aromatic nitrogens is 2. The quantitative estimate of drug-likeness (QED) is 0.173. The number of allylic oxidation sites excluding steroid dienone is 2. The van der Waals surface area contributed by atoms with Gasteiger partial charge in [0.05, 0.1) is 38.4 Å². The maximum atomic E-state index is 5.47. The molecule has 0 spiro atoms. The zero-order chi connectivity index (χ0) is 32.9. The van der Waals surface area contributed by atoms with Gasteiger partial charge in [0.1, 0.15) is 6.67 Å². The first-order chi connectivity index (χ1) is 24.8. The van der Waals surface area contributed by atoms with Gasteiger partial charge in [0.25, 0.3) is 0 Å². The summed E-state index contributed by atoms with van der Waals surface area (Å²) in [5.41, 5.74) is 11.8. The average molecular weight is 659 g/mol. The molecule has 4 nitrogen and oxygen atoms in total. The number of para-hydroxylation sites is 2. The van der Waals surface area contributed by atoms with Crippen molar-refractivity contribution in [3.8, 4) is 0 Å². The van der Waals surface area contributed by atoms with Crippen molar-refractivity contribution in [3.05, 3.63) is 155 Å². The Bertz CT molecular complexity index is 2990. The predicted octanol–water partition coefficient (Wildman–Crippen LogP) is 11.5. The van der Waals surface area contributed by atoms with E-state index in [9.17, 15) is 0 Å². The third-order valence-electron chi connectivity index (χ3n) is 10.7. The van der Waals surface area contributed by atoms with Crippen molar-refractivity contribution in [2.75, 3.05) is 0 Å². The second-order valence-electron chi connectivity index (χ2n) is 13.3. The van der Waals surface area contributed by atoms with Gasteiger partial charge in [-0.2, -0.15) is 0 Å². The van der Waals surface area contributed by atoms with Crippen LogP contribution < -0.4 is 0 Å². The Labute approximate surface area is 292 Å². The summed E-state index contributed by atoms with van der Waals surface area (Å²) in [5, 5.41) is 9.03. The van der Waals surface area contributed by atoms with Gasteiger partial charge in [-0.15, -0.1) is 0 Å². The van der Waals surface area contributed by atoms with Crippen LogP contribution in [0.4, 0.5) is 0 Å². The molecule has 0 saturated heterocycles. The molecule has 3 aromatic heterocycles. The Kier molecular flexibility index (Phi) is 5.90. The molecular weight excluding hydrogens is 629 g/mol. The van der Waals surface area contributed by atoms with Gasteiger partial charge in [-0.1, -0.05) is 121 Å². The van der Waals surface area contributed by atoms with Crippen molar-refractivity contribution < 1.29 is 0 Å². The van der Waals surface area contributed by atoms with Gasteiger partial charge < -0.3 is 8.97 Å². The van der Waals surface area contributed by atoms with Crippen LogP contribution in [0.1, 0.15) is 28.8 Å². The van der Waals surface area contributed by atoms with Crippen LogP contribution in [0.3, 0.4) is 0 Å². The van der Waals surface area contributed by atoms with Crippen molar-refractivity contribution in [1.82, 2.24) is 8.97 Å². The third kappa shape index (κ3) is 3.78. The monoisotopic (exact) mass is 658 g/mol. The van der Waals surface area contributed by atoms with Crippen molar-refractivity contribution >= 4 is 95.7 Å². The zero-order valence-corrected chi connectivity index (χ0v) is 28.0. The van der Waals surface area contributed by atoms with Crippen LogP contribution in [0.25, 0.3) is 71.5 Å². The fourth-order valence-corrected chi connectivity index (χ4v) is 9.77. The van der Waals surface area contributed by atoms with Gasteiger partial charge in [0, 0.05) is 59.6 Å². The van der Waals surface area contributed by atoms with Crippen LogP contribution in [0.15, 0.2) is 147 Å². The Morgan fingerprint density at radius 3 is 2.36 bits per heavy atom. The Morgan fingerprint density at radius 2 is 1.46 bits per heavy atom. The highest BCUT2D eigenvalue weighted by molar-refractivity contribution is 8.05. The number of rotatable bonds is 4. The van der Waals surface area contributed by atoms with Gasteiger partial charge in [0.2, 0.25) is 0 Å². The first-order valence-electron chi connectivity index (χ1n) is 17.2. The molecule has 9 aromatic rings. The molecular formula is C45H30N4S. The summed E-state index contributed by atoms with van der Waals surface area (Å²) in [7, 11) is 0. The molecule has 0 saturated carbocycles. The van der Waals surface area contributed by atoms with Crippen LogP contribution in [0.2, 0.25) is 0 Å². The lowest BCUT2D eigenvalue weighted by Gasteiger charge is -2.13. The average Bonchev–Trinajstić information content (AvgIpc) is 3.90. The SMILES string of the molecule is C=N/C(=C1/Sc2ccccc2/C1=N/Cn1c2c(c3cc4ccc5c6cccc7c8ccccc8n(c5c4cc31)c76)C=CCC2)c1ccccc1. The molecule has 0 radical (unpaired) electrons. The molecule has 236 valence electrons. The molecule has 4 heterocycles. The van der Waals surface area contributed by atoms with Crippen LogP contribution in [-0.4, -0.2) is 21.4 Å². The number of hydrogen-bond acceptors (Lipinski definition) is 3. The molecule has 0 amide bonds. The second-order valence-corrected chi connectivity index (χ2v) is 14.3. The largest absolute Gasteiger partial charge is 0.324 e. The summed E-state index contributed by atoms with van der Waals surface area (Å²) in [4.78, 5) is 12.3. The van der Waals surface area contributed by atoms with E-state index in [-0.39, 0.29) is 0 Å². The molecule has 50 heavy (non-hydrogen) atoms. The van der Waals surface area contributed by atoms with Crippen LogP contribution in [0.5, 0.6) is 0 Å². The van der Waals surface area contributed by atoms with E-state index in [1.54, 1.807) is 11.8 Å². The third-order valence-corrected chi connectivity index (χ3v) is 11.9. The summed E-state index contributed by atoms with van der Waals surface area (Å²) in [6.45, 7) is 4.52. The molecule has 0 atom stereocenters. The van der Waals surface area contributed by atoms with E-state index >= 15 is 0 Å². The molecule has 6 aromatic carbocycles. The molecule has 0 fully saturated rings. The summed E-state index contributed by atoms with van der Waals surface area (Å²) >= 11 is 1.74. The number of aliphatic imine (C=N–C) groups is 2. The van der Waals surface area contributed by atoms with Crippen molar-refractivity contribution in [2.45, 2.75) is 24.4 Å². The molecule has 1 aliphatic carbocycles.